The smallest absolute Gasteiger partial charge is 0.191 e. The van der Waals surface area contributed by atoms with Gasteiger partial charge >= 0.3 is 0 Å². The summed E-state index contributed by atoms with van der Waals surface area (Å²) >= 11 is 0. The number of guanidine groups is 1. The molecule has 1 heterocycles. The number of benzene rings is 2. The van der Waals surface area contributed by atoms with Gasteiger partial charge < -0.3 is 24.8 Å². The minimum atomic E-state index is -0.480. The Morgan fingerprint density at radius 1 is 1.06 bits per heavy atom. The first-order valence-corrected chi connectivity index (χ1v) is 10.5. The monoisotopic (exact) mass is 448 g/mol. The summed E-state index contributed by atoms with van der Waals surface area (Å²) in [7, 11) is 4.86. The molecule has 174 valence electrons. The maximum Gasteiger partial charge on any atom is 0.191 e. The third kappa shape index (κ3) is 6.08. The first-order chi connectivity index (χ1) is 15.5. The summed E-state index contributed by atoms with van der Waals surface area (Å²) in [6.07, 6.45) is 0. The number of morpholine rings is 1. The van der Waals surface area contributed by atoms with Crippen LogP contribution in [0.15, 0.2) is 41.4 Å². The standard InChI is InChI=1S/C23H30F2N4O3/c1-26-23(27-14-17-12-18(24)5-6-19(17)25)28-15-20(29-8-10-32-11-9-29)16-4-7-21(30-2)22(13-16)31-3/h4-7,12-13,20H,8-11,14-15H2,1-3H3,(H2,26,27,28). The van der Waals surface area contributed by atoms with E-state index in [9.17, 15) is 8.78 Å². The van der Waals surface area contributed by atoms with Gasteiger partial charge in [0.15, 0.2) is 17.5 Å². The fraction of sp³-hybridized carbons (Fsp3) is 0.435. The van der Waals surface area contributed by atoms with Crippen LogP contribution in [-0.4, -0.2) is 65.0 Å². The molecule has 0 radical (unpaired) electrons. The number of nitrogens with zero attached hydrogens (tertiary/aromatic N) is 2. The summed E-state index contributed by atoms with van der Waals surface area (Å²) < 4.78 is 43.7. The molecule has 1 aliphatic heterocycles. The van der Waals surface area contributed by atoms with E-state index in [-0.39, 0.29) is 18.2 Å². The van der Waals surface area contributed by atoms with Crippen LogP contribution < -0.4 is 20.1 Å². The van der Waals surface area contributed by atoms with Crippen LogP contribution in [-0.2, 0) is 11.3 Å². The lowest BCUT2D eigenvalue weighted by molar-refractivity contribution is 0.0169. The predicted molar refractivity (Wildman–Crippen MR) is 119 cm³/mol. The summed E-state index contributed by atoms with van der Waals surface area (Å²) in [4.78, 5) is 6.55. The fourth-order valence-electron chi connectivity index (χ4n) is 3.68. The molecule has 32 heavy (non-hydrogen) atoms. The lowest BCUT2D eigenvalue weighted by atomic mass is 10.0. The van der Waals surface area contributed by atoms with Crippen LogP contribution in [0.4, 0.5) is 8.78 Å². The van der Waals surface area contributed by atoms with Crippen molar-refractivity contribution in [2.75, 3.05) is 54.1 Å². The lowest BCUT2D eigenvalue weighted by Gasteiger charge is -2.35. The van der Waals surface area contributed by atoms with Crippen molar-refractivity contribution in [2.24, 2.45) is 4.99 Å². The maximum absolute atomic E-state index is 13.9. The molecule has 1 atom stereocenters. The van der Waals surface area contributed by atoms with Gasteiger partial charge in [0.2, 0.25) is 0 Å². The Bertz CT molecular complexity index is 920. The Balaban J connectivity index is 1.72. The lowest BCUT2D eigenvalue weighted by Crippen LogP contribution is -2.46. The average Bonchev–Trinajstić information content (AvgIpc) is 2.83. The first-order valence-electron chi connectivity index (χ1n) is 10.5. The van der Waals surface area contributed by atoms with Gasteiger partial charge in [0.1, 0.15) is 11.6 Å². The molecule has 0 aromatic heterocycles. The molecule has 0 aliphatic carbocycles. The molecule has 7 nitrogen and oxygen atoms in total. The number of hydrogen-bond donors (Lipinski definition) is 2. The van der Waals surface area contributed by atoms with Gasteiger partial charge in [0.05, 0.1) is 33.5 Å². The summed E-state index contributed by atoms with van der Waals surface area (Å²) in [5.41, 5.74) is 1.29. The van der Waals surface area contributed by atoms with E-state index in [1.54, 1.807) is 21.3 Å². The molecule has 1 unspecified atom stereocenters. The first kappa shape index (κ1) is 23.7. The van der Waals surface area contributed by atoms with Crippen LogP contribution in [0, 0.1) is 11.6 Å². The molecular weight excluding hydrogens is 418 g/mol. The summed E-state index contributed by atoms with van der Waals surface area (Å²) in [5, 5.41) is 6.35. The minimum Gasteiger partial charge on any atom is -0.493 e. The topological polar surface area (TPSA) is 67.4 Å². The van der Waals surface area contributed by atoms with E-state index in [4.69, 9.17) is 14.2 Å². The van der Waals surface area contributed by atoms with Crippen molar-refractivity contribution < 1.29 is 23.0 Å². The predicted octanol–water partition coefficient (Wildman–Crippen LogP) is 2.72. The van der Waals surface area contributed by atoms with Gasteiger partial charge in [-0.25, -0.2) is 8.78 Å². The molecule has 1 saturated heterocycles. The summed E-state index contributed by atoms with van der Waals surface area (Å²) in [5.74, 6) is 0.872. The summed E-state index contributed by atoms with van der Waals surface area (Å²) in [6, 6.07) is 9.29. The number of ether oxygens (including phenoxy) is 3. The Morgan fingerprint density at radius 2 is 1.81 bits per heavy atom. The Kier molecular flexibility index (Phi) is 8.64. The van der Waals surface area contributed by atoms with Crippen molar-refractivity contribution in [3.8, 4) is 11.5 Å². The molecule has 0 spiro atoms. The maximum atomic E-state index is 13.9. The van der Waals surface area contributed by atoms with Gasteiger partial charge in [-0.2, -0.15) is 0 Å². The van der Waals surface area contributed by atoms with E-state index < -0.39 is 11.6 Å². The molecule has 0 amide bonds. The number of aliphatic imine (C=N–C) groups is 1. The average molecular weight is 449 g/mol. The van der Waals surface area contributed by atoms with Gasteiger partial charge in [0, 0.05) is 38.8 Å². The van der Waals surface area contributed by atoms with Gasteiger partial charge in [-0.05, 0) is 35.9 Å². The van der Waals surface area contributed by atoms with Crippen LogP contribution in [0.25, 0.3) is 0 Å². The van der Waals surface area contributed by atoms with Crippen molar-refractivity contribution in [3.05, 3.63) is 59.2 Å². The number of methoxy groups -OCH3 is 2. The fourth-order valence-corrected chi connectivity index (χ4v) is 3.68. The molecule has 2 N–H and O–H groups in total. The largest absolute Gasteiger partial charge is 0.493 e. The van der Waals surface area contributed by atoms with Gasteiger partial charge in [0.25, 0.3) is 0 Å². The van der Waals surface area contributed by atoms with Crippen LogP contribution in [0.5, 0.6) is 11.5 Å². The number of rotatable bonds is 8. The second-order valence-corrected chi connectivity index (χ2v) is 7.32. The molecule has 2 aromatic carbocycles. The Morgan fingerprint density at radius 3 is 2.50 bits per heavy atom. The molecule has 3 rings (SSSR count). The molecule has 1 fully saturated rings. The van der Waals surface area contributed by atoms with Crippen LogP contribution in [0.3, 0.4) is 0 Å². The number of nitrogens with one attached hydrogen (secondary N) is 2. The van der Waals surface area contributed by atoms with Gasteiger partial charge in [-0.15, -0.1) is 0 Å². The molecule has 0 bridgehead atoms. The SMILES string of the molecule is CN=C(NCc1cc(F)ccc1F)NCC(c1ccc(OC)c(OC)c1)N1CCOCC1. The van der Waals surface area contributed by atoms with E-state index in [2.05, 4.69) is 20.5 Å². The molecule has 1 aliphatic rings. The number of hydrogen-bond acceptors (Lipinski definition) is 5. The Hall–Kier alpha value is -2.91. The highest BCUT2D eigenvalue weighted by atomic mass is 19.1. The molecule has 0 saturated carbocycles. The zero-order chi connectivity index (χ0) is 22.9. The number of halogens is 2. The van der Waals surface area contributed by atoms with Crippen molar-refractivity contribution in [1.82, 2.24) is 15.5 Å². The summed E-state index contributed by atoms with van der Waals surface area (Å²) in [6.45, 7) is 3.57. The zero-order valence-electron chi connectivity index (χ0n) is 18.7. The molecule has 2 aromatic rings. The zero-order valence-corrected chi connectivity index (χ0v) is 18.7. The van der Waals surface area contributed by atoms with Crippen molar-refractivity contribution >= 4 is 5.96 Å². The van der Waals surface area contributed by atoms with Crippen molar-refractivity contribution in [2.45, 2.75) is 12.6 Å². The second-order valence-electron chi connectivity index (χ2n) is 7.32. The molecular formula is C23H30F2N4O3. The van der Waals surface area contributed by atoms with Crippen LogP contribution >= 0.6 is 0 Å². The van der Waals surface area contributed by atoms with Crippen LogP contribution in [0.2, 0.25) is 0 Å². The van der Waals surface area contributed by atoms with E-state index in [0.717, 1.165) is 30.8 Å². The van der Waals surface area contributed by atoms with E-state index in [0.29, 0.717) is 37.2 Å². The second kappa shape index (κ2) is 11.6. The van der Waals surface area contributed by atoms with Crippen molar-refractivity contribution in [1.29, 1.82) is 0 Å². The highest BCUT2D eigenvalue weighted by molar-refractivity contribution is 5.79. The minimum absolute atomic E-state index is 0.0168. The van der Waals surface area contributed by atoms with Gasteiger partial charge in [-0.3, -0.25) is 9.89 Å². The normalized spacial score (nSPS) is 15.8. The van der Waals surface area contributed by atoms with Crippen molar-refractivity contribution in [3.63, 3.8) is 0 Å². The van der Waals surface area contributed by atoms with Gasteiger partial charge in [-0.1, -0.05) is 6.07 Å². The van der Waals surface area contributed by atoms with E-state index in [1.807, 2.05) is 18.2 Å². The highest BCUT2D eigenvalue weighted by Gasteiger charge is 2.24. The highest BCUT2D eigenvalue weighted by Crippen LogP contribution is 2.32. The Labute approximate surface area is 187 Å². The quantitative estimate of drug-likeness (QED) is 0.478. The van der Waals surface area contributed by atoms with Crippen LogP contribution in [0.1, 0.15) is 17.2 Å². The molecule has 9 heteroatoms. The third-order valence-electron chi connectivity index (χ3n) is 5.42. The van der Waals surface area contributed by atoms with E-state index in [1.165, 1.54) is 6.07 Å². The van der Waals surface area contributed by atoms with E-state index >= 15 is 0 Å². The third-order valence-corrected chi connectivity index (χ3v) is 5.42.